The number of benzene rings is 4. The molecule has 244 valence electrons. The Morgan fingerprint density at radius 1 is 0.625 bits per heavy atom. The van der Waals surface area contributed by atoms with E-state index in [9.17, 15) is 9.59 Å². The fraction of sp³-hybridized carbons (Fsp3) is 0.222. The van der Waals surface area contributed by atoms with Crippen LogP contribution in [0.1, 0.15) is 69.6 Å². The van der Waals surface area contributed by atoms with Gasteiger partial charge in [0, 0.05) is 45.0 Å². The van der Waals surface area contributed by atoms with Crippen molar-refractivity contribution in [3.8, 4) is 0 Å². The van der Waals surface area contributed by atoms with Crippen LogP contribution < -0.4 is 11.5 Å². The number of halogens is 2. The van der Waals surface area contributed by atoms with E-state index >= 15 is 0 Å². The molecule has 8 rings (SSSR count). The van der Waals surface area contributed by atoms with Crippen molar-refractivity contribution in [2.45, 2.75) is 37.8 Å². The van der Waals surface area contributed by atoms with Gasteiger partial charge in [0.05, 0.1) is 23.1 Å². The van der Waals surface area contributed by atoms with Crippen molar-refractivity contribution >= 4 is 68.5 Å². The summed E-state index contributed by atoms with van der Waals surface area (Å²) in [6.45, 7) is 1.51. The van der Waals surface area contributed by atoms with Crippen molar-refractivity contribution in [1.82, 2.24) is 30.2 Å². The number of nitrogens with two attached hydrogens (primary N) is 2. The Morgan fingerprint density at radius 2 is 1.02 bits per heavy atom. The fourth-order valence-corrected chi connectivity index (χ4v) is 7.00. The van der Waals surface area contributed by atoms with E-state index in [1.54, 1.807) is 0 Å². The van der Waals surface area contributed by atoms with Crippen molar-refractivity contribution in [2.24, 2.45) is 0 Å². The van der Waals surface area contributed by atoms with Crippen LogP contribution in [0, 0.1) is 0 Å². The number of amides is 2. The molecule has 2 atom stereocenters. The topological polar surface area (TPSA) is 150 Å². The average Bonchev–Trinajstić information content (AvgIpc) is 3.93. The van der Waals surface area contributed by atoms with Crippen LogP contribution >= 0.6 is 23.2 Å². The Labute approximate surface area is 287 Å². The predicted octanol–water partition coefficient (Wildman–Crippen LogP) is 7.55. The number of fused-ring (bicyclic) bond motifs is 2. The first-order valence-corrected chi connectivity index (χ1v) is 16.6. The van der Waals surface area contributed by atoms with E-state index in [0.717, 1.165) is 71.7 Å². The predicted molar refractivity (Wildman–Crippen MR) is 190 cm³/mol. The summed E-state index contributed by atoms with van der Waals surface area (Å²) in [4.78, 5) is 29.9. The lowest BCUT2D eigenvalue weighted by Gasteiger charge is -2.25. The number of aromatic amines is 2. The number of nitrogens with one attached hydrogen (secondary N) is 2. The molecule has 0 spiro atoms. The maximum atomic E-state index is 13.0. The largest absolute Gasteiger partial charge is 0.382 e. The lowest BCUT2D eigenvalue weighted by atomic mass is 10.0. The van der Waals surface area contributed by atoms with Crippen LogP contribution in [-0.4, -0.2) is 55.1 Å². The zero-order chi connectivity index (χ0) is 33.4. The number of carbonyl (C=O) groups is 2. The number of hydrogen-bond acceptors (Lipinski definition) is 6. The number of hydrogen-bond donors (Lipinski definition) is 4. The molecule has 0 unspecified atom stereocenters. The van der Waals surface area contributed by atoms with Crippen molar-refractivity contribution in [2.75, 3.05) is 24.6 Å². The normalized spacial score (nSPS) is 17.5. The number of carbonyl (C=O) groups excluding carboxylic acids is 2. The molecule has 2 amide bonds. The smallest absolute Gasteiger partial charge is 0.254 e. The quantitative estimate of drug-likeness (QED) is 0.151. The molecule has 0 saturated carbocycles. The molecule has 2 fully saturated rings. The van der Waals surface area contributed by atoms with Gasteiger partial charge in [-0.1, -0.05) is 47.5 Å². The molecular formula is C36H34Cl2N8O2. The van der Waals surface area contributed by atoms with Gasteiger partial charge in [-0.2, -0.15) is 10.2 Å². The van der Waals surface area contributed by atoms with E-state index in [1.165, 1.54) is 0 Å². The summed E-state index contributed by atoms with van der Waals surface area (Å²) in [7, 11) is 0. The van der Waals surface area contributed by atoms with Crippen LogP contribution in [0.15, 0.2) is 84.9 Å². The Bertz CT molecular complexity index is 1960. The molecule has 2 aliphatic rings. The van der Waals surface area contributed by atoms with E-state index in [-0.39, 0.29) is 23.9 Å². The second-order valence-corrected chi connectivity index (χ2v) is 13.0. The first kappa shape index (κ1) is 31.5. The average molecular weight is 682 g/mol. The third kappa shape index (κ3) is 6.16. The van der Waals surface area contributed by atoms with Crippen LogP contribution in [0.2, 0.25) is 10.0 Å². The van der Waals surface area contributed by atoms with Gasteiger partial charge in [0.15, 0.2) is 11.6 Å². The minimum Gasteiger partial charge on any atom is -0.382 e. The second-order valence-electron chi connectivity index (χ2n) is 12.2. The van der Waals surface area contributed by atoms with Crippen LogP contribution in [0.4, 0.5) is 11.6 Å². The van der Waals surface area contributed by atoms with Gasteiger partial charge >= 0.3 is 0 Å². The molecule has 6 aromatic rings. The van der Waals surface area contributed by atoms with Gasteiger partial charge in [-0.3, -0.25) is 19.8 Å². The zero-order valence-corrected chi connectivity index (χ0v) is 27.5. The van der Waals surface area contributed by atoms with Crippen molar-refractivity contribution < 1.29 is 9.59 Å². The number of nitrogen functional groups attached to an aromatic ring is 2. The number of aromatic nitrogens is 4. The number of anilines is 2. The van der Waals surface area contributed by atoms with Gasteiger partial charge in [-0.25, -0.2) is 0 Å². The highest BCUT2D eigenvalue weighted by molar-refractivity contribution is 6.30. The summed E-state index contributed by atoms with van der Waals surface area (Å²) in [6, 6.07) is 26.6. The lowest BCUT2D eigenvalue weighted by molar-refractivity contribution is 0.0728. The van der Waals surface area contributed by atoms with Gasteiger partial charge in [0.25, 0.3) is 11.8 Å². The molecule has 2 aliphatic heterocycles. The summed E-state index contributed by atoms with van der Waals surface area (Å²) < 4.78 is 0. The molecule has 4 heterocycles. The molecule has 6 N–H and O–H groups in total. The van der Waals surface area contributed by atoms with Gasteiger partial charge in [-0.15, -0.1) is 0 Å². The molecule has 48 heavy (non-hydrogen) atoms. The van der Waals surface area contributed by atoms with Crippen molar-refractivity contribution in [3.63, 3.8) is 0 Å². The maximum Gasteiger partial charge on any atom is 0.254 e. The third-order valence-corrected chi connectivity index (χ3v) is 9.72. The number of nitrogens with zero attached hydrogens (tertiary/aromatic N) is 4. The Morgan fingerprint density at radius 3 is 1.42 bits per heavy atom. The third-order valence-electron chi connectivity index (χ3n) is 9.22. The summed E-state index contributed by atoms with van der Waals surface area (Å²) in [6.07, 6.45) is 3.91. The number of H-pyrrole nitrogens is 2. The van der Waals surface area contributed by atoms with Crippen molar-refractivity contribution in [3.05, 3.63) is 117 Å². The van der Waals surface area contributed by atoms with Gasteiger partial charge in [0.2, 0.25) is 0 Å². The maximum absolute atomic E-state index is 13.0. The monoisotopic (exact) mass is 680 g/mol. The van der Waals surface area contributed by atoms with Gasteiger partial charge in [-0.05, 0) is 97.5 Å². The standard InChI is InChI=1S/2C18H17ClN4O/c2*19-13-6-3-11(4-7-13)16-2-1-9-23(16)18(24)12-5-8-15-14(10-12)17(20)22-21-15/h2*3-8,10,16H,1-2,9H2,(H3,20,21,22)/t2*16-/m10/s1. The molecule has 2 saturated heterocycles. The molecule has 2 aromatic heterocycles. The fourth-order valence-electron chi connectivity index (χ4n) is 6.75. The highest BCUT2D eigenvalue weighted by atomic mass is 35.5. The molecule has 0 aliphatic carbocycles. The SMILES string of the molecule is Nc1n[nH]c2ccc(C(=O)N3CCC[C@@H]3c3ccc(Cl)cc3)cc12.Nc1n[nH]c2ccc(C(=O)N3CCC[C@H]3c3ccc(Cl)cc3)cc12. The Balaban J connectivity index is 0.000000152. The van der Waals surface area contributed by atoms with E-state index in [2.05, 4.69) is 20.4 Å². The van der Waals surface area contributed by atoms with E-state index in [0.29, 0.717) is 32.8 Å². The summed E-state index contributed by atoms with van der Waals surface area (Å²) in [5, 5.41) is 16.6. The van der Waals surface area contributed by atoms with Crippen LogP contribution in [0.5, 0.6) is 0 Å². The molecule has 0 radical (unpaired) electrons. The molecule has 0 bridgehead atoms. The molecular weight excluding hydrogens is 647 g/mol. The van der Waals surface area contributed by atoms with Gasteiger partial charge < -0.3 is 21.3 Å². The van der Waals surface area contributed by atoms with Crippen LogP contribution in [-0.2, 0) is 0 Å². The Kier molecular flexibility index (Phi) is 8.68. The highest BCUT2D eigenvalue weighted by Gasteiger charge is 2.32. The summed E-state index contributed by atoms with van der Waals surface area (Å²) in [5.41, 5.74) is 16.9. The Hall–Kier alpha value is -5.06. The lowest BCUT2D eigenvalue weighted by Crippen LogP contribution is -2.30. The number of rotatable bonds is 4. The van der Waals surface area contributed by atoms with Crippen LogP contribution in [0.3, 0.4) is 0 Å². The molecule has 4 aromatic carbocycles. The minimum atomic E-state index is 0.0231. The minimum absolute atomic E-state index is 0.0231. The number of likely N-dealkylation sites (tertiary alicyclic amines) is 2. The first-order chi connectivity index (χ1) is 23.3. The first-order valence-electron chi connectivity index (χ1n) is 15.9. The van der Waals surface area contributed by atoms with Crippen molar-refractivity contribution in [1.29, 1.82) is 0 Å². The summed E-state index contributed by atoms with van der Waals surface area (Å²) in [5.74, 6) is 0.871. The zero-order valence-electron chi connectivity index (χ0n) is 26.0. The molecule has 12 heteroatoms. The van der Waals surface area contributed by atoms with E-state index in [4.69, 9.17) is 34.7 Å². The second kappa shape index (κ2) is 13.2. The van der Waals surface area contributed by atoms with E-state index < -0.39 is 0 Å². The van der Waals surface area contributed by atoms with E-state index in [1.807, 2.05) is 94.7 Å². The van der Waals surface area contributed by atoms with Gasteiger partial charge in [0.1, 0.15) is 0 Å². The highest BCUT2D eigenvalue weighted by Crippen LogP contribution is 2.35. The van der Waals surface area contributed by atoms with Crippen LogP contribution in [0.25, 0.3) is 21.8 Å². The molecule has 10 nitrogen and oxygen atoms in total. The summed E-state index contributed by atoms with van der Waals surface area (Å²) >= 11 is 11.9.